The molecule has 2 fully saturated rings. The number of nitrogens with one attached hydrogen (secondary N) is 2. The second-order valence-electron chi connectivity index (χ2n) is 5.75. The lowest BCUT2D eigenvalue weighted by atomic mass is 10.1. The number of hydrogen-bond donors (Lipinski definition) is 2. The van der Waals surface area contributed by atoms with Gasteiger partial charge < -0.3 is 0 Å². The lowest BCUT2D eigenvalue weighted by Gasteiger charge is -2.14. The molecule has 2 aliphatic heterocycles. The summed E-state index contributed by atoms with van der Waals surface area (Å²) in [5, 5.41) is 16.1. The van der Waals surface area contributed by atoms with Gasteiger partial charge in [0.2, 0.25) is 11.8 Å². The highest BCUT2D eigenvalue weighted by Gasteiger charge is 2.26. The minimum Gasteiger partial charge on any atom is -0.291 e. The summed E-state index contributed by atoms with van der Waals surface area (Å²) >= 11 is 2.63. The number of unbranched alkanes of at least 4 members (excludes halogenated alkanes) is 6. The normalized spacial score (nSPS) is 18.6. The molecule has 2 saturated heterocycles. The molecule has 2 aliphatic rings. The molecule has 2 heterocycles. The Morgan fingerprint density at radius 1 is 0.696 bits per heavy atom. The van der Waals surface area contributed by atoms with E-state index in [1.165, 1.54) is 29.9 Å². The summed E-state index contributed by atoms with van der Waals surface area (Å²) in [5.41, 5.74) is 0. The van der Waals surface area contributed by atoms with Gasteiger partial charge in [-0.05, 0) is 12.8 Å². The third-order valence-electron chi connectivity index (χ3n) is 4.02. The lowest BCUT2D eigenvalue weighted by molar-refractivity contribution is -0.125. The monoisotopic (exact) mass is 356 g/mol. The van der Waals surface area contributed by atoms with E-state index in [2.05, 4.69) is 0 Å². The van der Waals surface area contributed by atoms with Crippen molar-refractivity contribution in [2.45, 2.75) is 44.9 Å². The van der Waals surface area contributed by atoms with E-state index in [1.807, 2.05) is 0 Å². The van der Waals surface area contributed by atoms with Gasteiger partial charge in [-0.25, -0.2) is 0 Å². The van der Waals surface area contributed by atoms with Gasteiger partial charge in [0.25, 0.3) is 0 Å². The molecular formula is C15H24N4O2S2. The van der Waals surface area contributed by atoms with Gasteiger partial charge in [0, 0.05) is 13.1 Å². The molecule has 128 valence electrons. The van der Waals surface area contributed by atoms with Crippen LogP contribution >= 0.6 is 23.5 Å². The van der Waals surface area contributed by atoms with Crippen molar-refractivity contribution in [2.24, 2.45) is 0 Å². The Bertz CT molecular complexity index is 410. The smallest absolute Gasteiger partial charge is 0.239 e. The van der Waals surface area contributed by atoms with Crippen LogP contribution in [0.3, 0.4) is 0 Å². The first-order chi connectivity index (χ1) is 11.1. The molecule has 0 radical (unpaired) electrons. The largest absolute Gasteiger partial charge is 0.291 e. The number of carbonyl (C=O) groups excluding carboxylic acids is 2. The number of amides is 2. The van der Waals surface area contributed by atoms with Crippen LogP contribution in [-0.2, 0) is 9.59 Å². The molecule has 0 aromatic carbocycles. The van der Waals surface area contributed by atoms with Crippen LogP contribution < -0.4 is 0 Å². The third kappa shape index (κ3) is 5.53. The first-order valence-electron chi connectivity index (χ1n) is 8.13. The summed E-state index contributed by atoms with van der Waals surface area (Å²) in [6, 6.07) is 0. The average molecular weight is 357 g/mol. The van der Waals surface area contributed by atoms with Crippen LogP contribution in [0.15, 0.2) is 0 Å². The van der Waals surface area contributed by atoms with E-state index >= 15 is 0 Å². The molecule has 0 atom stereocenters. The minimum atomic E-state index is 0.0696. The zero-order valence-corrected chi connectivity index (χ0v) is 14.9. The first kappa shape index (κ1) is 18.3. The van der Waals surface area contributed by atoms with Gasteiger partial charge in [-0.15, -0.1) is 0 Å². The van der Waals surface area contributed by atoms with Crippen molar-refractivity contribution >= 4 is 45.7 Å². The number of rotatable bonds is 10. The maximum Gasteiger partial charge on any atom is 0.239 e. The van der Waals surface area contributed by atoms with E-state index in [0.29, 0.717) is 34.9 Å². The number of nitrogens with zero attached hydrogens (tertiary/aromatic N) is 2. The van der Waals surface area contributed by atoms with Crippen molar-refractivity contribution in [2.75, 3.05) is 24.6 Å². The summed E-state index contributed by atoms with van der Waals surface area (Å²) in [5.74, 6) is 0.989. The standard InChI is InChI=1S/C15H24N4O2S2/c16-14-18(12(20)10-22-14)8-6-4-2-1-3-5-7-9-19-13(21)11-23-15(19)17/h16-17H,1-11H2. The van der Waals surface area contributed by atoms with Crippen molar-refractivity contribution in [1.82, 2.24) is 9.80 Å². The maximum atomic E-state index is 11.5. The van der Waals surface area contributed by atoms with Crippen molar-refractivity contribution in [3.63, 3.8) is 0 Å². The Balaban J connectivity index is 1.42. The highest BCUT2D eigenvalue weighted by Crippen LogP contribution is 2.20. The van der Waals surface area contributed by atoms with Gasteiger partial charge in [0.15, 0.2) is 10.3 Å². The molecule has 0 aromatic rings. The molecule has 0 bridgehead atoms. The molecular weight excluding hydrogens is 332 g/mol. The van der Waals surface area contributed by atoms with Crippen LogP contribution in [0, 0.1) is 10.8 Å². The van der Waals surface area contributed by atoms with Crippen LogP contribution in [-0.4, -0.2) is 56.5 Å². The molecule has 0 saturated carbocycles. The fraction of sp³-hybridized carbons (Fsp3) is 0.733. The van der Waals surface area contributed by atoms with E-state index in [0.717, 1.165) is 38.5 Å². The fourth-order valence-electron chi connectivity index (χ4n) is 2.67. The quantitative estimate of drug-likeness (QED) is 0.589. The Morgan fingerprint density at radius 2 is 1.04 bits per heavy atom. The molecule has 23 heavy (non-hydrogen) atoms. The first-order valence-corrected chi connectivity index (χ1v) is 10.1. The van der Waals surface area contributed by atoms with E-state index in [9.17, 15) is 9.59 Å². The van der Waals surface area contributed by atoms with Gasteiger partial charge in [0.1, 0.15) is 0 Å². The molecule has 0 unspecified atom stereocenters. The molecule has 2 N–H and O–H groups in total. The van der Waals surface area contributed by atoms with Crippen LogP contribution in [0.4, 0.5) is 0 Å². The van der Waals surface area contributed by atoms with Crippen molar-refractivity contribution in [3.8, 4) is 0 Å². The molecule has 6 nitrogen and oxygen atoms in total. The Hall–Kier alpha value is -1.02. The second-order valence-corrected chi connectivity index (χ2v) is 7.68. The number of thioether (sulfide) groups is 2. The lowest BCUT2D eigenvalue weighted by Crippen LogP contribution is -2.30. The van der Waals surface area contributed by atoms with Crippen molar-refractivity contribution in [3.05, 3.63) is 0 Å². The maximum absolute atomic E-state index is 11.5. The number of hydrogen-bond acceptors (Lipinski definition) is 6. The van der Waals surface area contributed by atoms with Crippen LogP contribution in [0.5, 0.6) is 0 Å². The summed E-state index contributed by atoms with van der Waals surface area (Å²) in [7, 11) is 0. The molecule has 0 aromatic heterocycles. The summed E-state index contributed by atoms with van der Waals surface area (Å²) in [4.78, 5) is 26.2. The third-order valence-corrected chi connectivity index (χ3v) is 5.79. The van der Waals surface area contributed by atoms with Gasteiger partial charge in [-0.2, -0.15) is 0 Å². The Kier molecular flexibility index (Phi) is 7.42. The van der Waals surface area contributed by atoms with Crippen molar-refractivity contribution in [1.29, 1.82) is 10.8 Å². The number of amidine groups is 2. The SMILES string of the molecule is N=C1SCC(=O)N1CCCCCCCCCN1C(=N)SCC1=O. The van der Waals surface area contributed by atoms with Crippen LogP contribution in [0.25, 0.3) is 0 Å². The summed E-state index contributed by atoms with van der Waals surface area (Å²) in [6.45, 7) is 1.36. The zero-order valence-electron chi connectivity index (χ0n) is 13.3. The van der Waals surface area contributed by atoms with Gasteiger partial charge in [-0.1, -0.05) is 55.6 Å². The average Bonchev–Trinajstić information content (AvgIpc) is 3.02. The minimum absolute atomic E-state index is 0.0696. The van der Waals surface area contributed by atoms with Crippen LogP contribution in [0.1, 0.15) is 44.9 Å². The molecule has 2 amide bonds. The van der Waals surface area contributed by atoms with E-state index in [-0.39, 0.29) is 11.8 Å². The highest BCUT2D eigenvalue weighted by molar-refractivity contribution is 8.15. The Morgan fingerprint density at radius 3 is 1.35 bits per heavy atom. The van der Waals surface area contributed by atoms with Gasteiger partial charge in [-0.3, -0.25) is 30.2 Å². The second kappa shape index (κ2) is 9.32. The molecule has 2 rings (SSSR count). The Labute approximate surface area is 145 Å². The van der Waals surface area contributed by atoms with Gasteiger partial charge >= 0.3 is 0 Å². The predicted octanol–water partition coefficient (Wildman–Crippen LogP) is 2.74. The predicted molar refractivity (Wildman–Crippen MR) is 96.1 cm³/mol. The van der Waals surface area contributed by atoms with Gasteiger partial charge in [0.05, 0.1) is 11.5 Å². The zero-order chi connectivity index (χ0) is 16.7. The van der Waals surface area contributed by atoms with Crippen LogP contribution in [0.2, 0.25) is 0 Å². The van der Waals surface area contributed by atoms with E-state index in [1.54, 1.807) is 9.80 Å². The number of carbonyl (C=O) groups is 2. The van der Waals surface area contributed by atoms with Crippen molar-refractivity contribution < 1.29 is 9.59 Å². The van der Waals surface area contributed by atoms with E-state index < -0.39 is 0 Å². The highest BCUT2D eigenvalue weighted by atomic mass is 32.2. The summed E-state index contributed by atoms with van der Waals surface area (Å²) in [6.07, 6.45) is 7.58. The molecule has 0 spiro atoms. The van der Waals surface area contributed by atoms with E-state index in [4.69, 9.17) is 10.8 Å². The fourth-order valence-corrected chi connectivity index (χ4v) is 4.20. The molecule has 0 aliphatic carbocycles. The summed E-state index contributed by atoms with van der Waals surface area (Å²) < 4.78 is 0. The topological polar surface area (TPSA) is 88.3 Å². The molecule has 8 heteroatoms.